The van der Waals surface area contributed by atoms with Gasteiger partial charge in [0.25, 0.3) is 0 Å². The number of guanidine groups is 1. The molecule has 1 saturated heterocycles. The molecule has 2 aromatic rings. The molecule has 4 bridgehead atoms. The number of hydrogen-bond acceptors (Lipinski definition) is 5. The van der Waals surface area contributed by atoms with E-state index in [4.69, 9.17) is 4.99 Å². The van der Waals surface area contributed by atoms with Crippen molar-refractivity contribution in [1.29, 1.82) is 5.26 Å². The van der Waals surface area contributed by atoms with E-state index in [0.717, 1.165) is 54.3 Å². The minimum atomic E-state index is 0.226. The first kappa shape index (κ1) is 19.8. The van der Waals surface area contributed by atoms with Gasteiger partial charge in [0.15, 0.2) is 6.19 Å². The number of aromatic amines is 1. The molecule has 5 fully saturated rings. The zero-order valence-electron chi connectivity index (χ0n) is 19.0. The molecular formula is C24H32N8. The van der Waals surface area contributed by atoms with E-state index in [1.807, 2.05) is 6.20 Å². The summed E-state index contributed by atoms with van der Waals surface area (Å²) in [5.74, 6) is 5.06. The van der Waals surface area contributed by atoms with Crippen molar-refractivity contribution in [2.45, 2.75) is 58.0 Å². The van der Waals surface area contributed by atoms with Gasteiger partial charge in [-0.05, 0) is 75.2 Å². The molecule has 7 rings (SSSR count). The van der Waals surface area contributed by atoms with Gasteiger partial charge in [0.1, 0.15) is 17.8 Å². The number of nitrogens with one attached hydrogen (secondary N) is 2. The van der Waals surface area contributed by atoms with Crippen molar-refractivity contribution < 1.29 is 0 Å². The first-order valence-electron chi connectivity index (χ1n) is 12.1. The van der Waals surface area contributed by atoms with Crippen LogP contribution in [0.25, 0.3) is 11.0 Å². The fourth-order valence-electron chi connectivity index (χ4n) is 7.28. The monoisotopic (exact) mass is 432 g/mol. The maximum atomic E-state index is 9.49. The van der Waals surface area contributed by atoms with E-state index in [-0.39, 0.29) is 6.04 Å². The van der Waals surface area contributed by atoms with Gasteiger partial charge in [-0.1, -0.05) is 0 Å². The zero-order chi connectivity index (χ0) is 21.8. The number of anilines is 1. The van der Waals surface area contributed by atoms with Crippen molar-refractivity contribution in [2.24, 2.45) is 28.7 Å². The Labute approximate surface area is 189 Å². The molecule has 2 N–H and O–H groups in total. The van der Waals surface area contributed by atoms with Gasteiger partial charge in [0.2, 0.25) is 5.96 Å². The Kier molecular flexibility index (Phi) is 4.74. The van der Waals surface area contributed by atoms with E-state index in [2.05, 4.69) is 50.1 Å². The summed E-state index contributed by atoms with van der Waals surface area (Å²) in [7, 11) is 0. The molecule has 4 saturated carbocycles. The predicted molar refractivity (Wildman–Crippen MR) is 124 cm³/mol. The van der Waals surface area contributed by atoms with Crippen LogP contribution < -0.4 is 10.2 Å². The fourth-order valence-corrected chi connectivity index (χ4v) is 7.28. The Morgan fingerprint density at radius 1 is 1.16 bits per heavy atom. The lowest BCUT2D eigenvalue weighted by Crippen LogP contribution is -2.58. The van der Waals surface area contributed by atoms with E-state index in [1.54, 1.807) is 6.33 Å². The summed E-state index contributed by atoms with van der Waals surface area (Å²) < 4.78 is 0. The molecule has 0 spiro atoms. The number of nitriles is 1. The first-order chi connectivity index (χ1) is 15.6. The molecule has 1 unspecified atom stereocenters. The second-order valence-corrected chi connectivity index (χ2v) is 10.5. The minimum absolute atomic E-state index is 0.226. The van der Waals surface area contributed by atoms with Gasteiger partial charge in [0, 0.05) is 31.9 Å². The largest absolute Gasteiger partial charge is 0.352 e. The van der Waals surface area contributed by atoms with Crippen LogP contribution in [-0.2, 0) is 0 Å². The van der Waals surface area contributed by atoms with Crippen molar-refractivity contribution in [3.05, 3.63) is 18.1 Å². The standard InChI is InChI=1S/C24H32N8/c1-14-10-26-22-20(14)23(29-13-28-22)31-3-4-32(15(2)11-31)24(27-12-25)30-21-18-6-16-5-17(8-18)9-19(21)7-16/h10,13,15-19,21H,3-9,11H2,1-2H3,(H,27,30)(H,26,28,29). The highest BCUT2D eigenvalue weighted by molar-refractivity contribution is 5.90. The topological polar surface area (TPSA) is 96.2 Å². The van der Waals surface area contributed by atoms with Crippen molar-refractivity contribution >= 4 is 22.8 Å². The first-order valence-corrected chi connectivity index (χ1v) is 12.1. The van der Waals surface area contributed by atoms with Crippen molar-refractivity contribution in [3.8, 4) is 6.19 Å². The number of nitrogens with zero attached hydrogens (tertiary/aromatic N) is 6. The third-order valence-electron chi connectivity index (χ3n) is 8.46. The summed E-state index contributed by atoms with van der Waals surface area (Å²) in [6.07, 6.45) is 12.6. The molecule has 168 valence electrons. The molecule has 8 heteroatoms. The smallest absolute Gasteiger partial charge is 0.208 e. The lowest BCUT2D eigenvalue weighted by atomic mass is 9.54. The molecule has 0 aromatic carbocycles. The molecular weight excluding hydrogens is 400 g/mol. The van der Waals surface area contributed by atoms with Gasteiger partial charge in [-0.15, -0.1) is 0 Å². The summed E-state index contributed by atoms with van der Waals surface area (Å²) in [4.78, 5) is 22.1. The van der Waals surface area contributed by atoms with E-state index in [9.17, 15) is 5.26 Å². The minimum Gasteiger partial charge on any atom is -0.352 e. The average Bonchev–Trinajstić information content (AvgIpc) is 3.16. The van der Waals surface area contributed by atoms with Crippen LogP contribution in [0, 0.1) is 42.1 Å². The summed E-state index contributed by atoms with van der Waals surface area (Å²) >= 11 is 0. The summed E-state index contributed by atoms with van der Waals surface area (Å²) in [5.41, 5.74) is 2.05. The van der Waals surface area contributed by atoms with E-state index in [1.165, 1.54) is 37.7 Å². The van der Waals surface area contributed by atoms with E-state index >= 15 is 0 Å². The maximum absolute atomic E-state index is 9.49. The van der Waals surface area contributed by atoms with Crippen LogP contribution in [0.1, 0.15) is 44.6 Å². The third-order valence-corrected chi connectivity index (χ3v) is 8.46. The lowest BCUT2D eigenvalue weighted by Gasteiger charge is -2.53. The van der Waals surface area contributed by atoms with Crippen LogP contribution in [0.15, 0.2) is 17.5 Å². The van der Waals surface area contributed by atoms with E-state index in [0.29, 0.717) is 17.9 Å². The van der Waals surface area contributed by atoms with Gasteiger partial charge < -0.3 is 14.8 Å². The molecule has 1 aliphatic heterocycles. The lowest BCUT2D eigenvalue weighted by molar-refractivity contribution is 0.000633. The van der Waals surface area contributed by atoms with Gasteiger partial charge in [0.05, 0.1) is 11.4 Å². The molecule has 32 heavy (non-hydrogen) atoms. The number of aliphatic imine (C=N–C) groups is 1. The fraction of sp³-hybridized carbons (Fsp3) is 0.667. The molecule has 5 aliphatic rings. The predicted octanol–water partition coefficient (Wildman–Crippen LogP) is 3.03. The zero-order valence-corrected chi connectivity index (χ0v) is 19.0. The number of rotatable bonds is 2. The van der Waals surface area contributed by atoms with Crippen molar-refractivity contribution in [1.82, 2.24) is 25.2 Å². The van der Waals surface area contributed by atoms with Crippen LogP contribution in [-0.4, -0.2) is 57.5 Å². The molecule has 8 nitrogen and oxygen atoms in total. The van der Waals surface area contributed by atoms with Crippen LogP contribution in [0.5, 0.6) is 0 Å². The summed E-state index contributed by atoms with van der Waals surface area (Å²) in [6, 6.07) is 0.609. The van der Waals surface area contributed by atoms with Gasteiger partial charge in [-0.3, -0.25) is 5.32 Å². The molecule has 0 radical (unpaired) electrons. The van der Waals surface area contributed by atoms with Crippen LogP contribution in [0.2, 0.25) is 0 Å². The van der Waals surface area contributed by atoms with Crippen molar-refractivity contribution in [3.63, 3.8) is 0 Å². The number of hydrogen-bond donors (Lipinski definition) is 2. The number of fused-ring (bicyclic) bond motifs is 1. The third kappa shape index (κ3) is 3.21. The average molecular weight is 433 g/mol. The SMILES string of the molecule is Cc1c[nH]c2ncnc(N3CCN(C(=NC4C5CC6CC(C5)CC4C6)NC#N)C(C)C3)c12. The van der Waals surface area contributed by atoms with Crippen LogP contribution in [0.4, 0.5) is 5.82 Å². The molecule has 2 aromatic heterocycles. The maximum Gasteiger partial charge on any atom is 0.208 e. The Hall–Kier alpha value is -2.82. The van der Waals surface area contributed by atoms with Gasteiger partial charge in [-0.25, -0.2) is 15.0 Å². The highest BCUT2D eigenvalue weighted by Gasteiger charge is 2.48. The van der Waals surface area contributed by atoms with Crippen molar-refractivity contribution in [2.75, 3.05) is 24.5 Å². The number of H-pyrrole nitrogens is 1. The Morgan fingerprint density at radius 2 is 1.91 bits per heavy atom. The number of piperazine rings is 1. The normalized spacial score (nSPS) is 34.2. The van der Waals surface area contributed by atoms with Gasteiger partial charge >= 0.3 is 0 Å². The second-order valence-electron chi connectivity index (χ2n) is 10.5. The second kappa shape index (κ2) is 7.65. The van der Waals surface area contributed by atoms with E-state index < -0.39 is 0 Å². The van der Waals surface area contributed by atoms with Crippen LogP contribution in [0.3, 0.4) is 0 Å². The number of aryl methyl sites for hydroxylation is 1. The van der Waals surface area contributed by atoms with Gasteiger partial charge in [-0.2, -0.15) is 5.26 Å². The summed E-state index contributed by atoms with van der Waals surface area (Å²) in [5, 5.41) is 13.6. The van der Waals surface area contributed by atoms with Crippen LogP contribution >= 0.6 is 0 Å². The quantitative estimate of drug-likeness (QED) is 0.328. The Bertz CT molecular complexity index is 1050. The Morgan fingerprint density at radius 3 is 2.59 bits per heavy atom. The Balaban J connectivity index is 1.23. The summed E-state index contributed by atoms with van der Waals surface area (Å²) in [6.45, 7) is 6.81. The molecule has 3 heterocycles. The highest BCUT2D eigenvalue weighted by atomic mass is 15.4. The molecule has 4 aliphatic carbocycles. The molecule has 1 atom stereocenters. The number of aromatic nitrogens is 3. The highest BCUT2D eigenvalue weighted by Crippen LogP contribution is 2.54. The molecule has 0 amide bonds.